The van der Waals surface area contributed by atoms with Crippen LogP contribution in [-0.4, -0.2) is 0 Å². The third-order valence-corrected chi connectivity index (χ3v) is 2.67. The number of benzene rings is 1. The van der Waals surface area contributed by atoms with Crippen molar-refractivity contribution in [2.24, 2.45) is 0 Å². The van der Waals surface area contributed by atoms with Crippen molar-refractivity contribution < 1.29 is 0 Å². The Balaban J connectivity index is 2.81. The van der Waals surface area contributed by atoms with Crippen LogP contribution in [0.15, 0.2) is 24.3 Å². The lowest BCUT2D eigenvalue weighted by atomic mass is 9.95. The van der Waals surface area contributed by atoms with Gasteiger partial charge >= 0.3 is 0 Å². The first-order chi connectivity index (χ1) is 6.15. The van der Waals surface area contributed by atoms with Gasteiger partial charge in [-0.3, -0.25) is 0 Å². The summed E-state index contributed by atoms with van der Waals surface area (Å²) in [6.07, 6.45) is 1.22. The van der Waals surface area contributed by atoms with Crippen LogP contribution in [0.4, 0.5) is 0 Å². The Hall–Kier alpha value is -0.910. The average Bonchev–Trinajstić information content (AvgIpc) is 2.17. The summed E-state index contributed by atoms with van der Waals surface area (Å²) in [5.74, 6) is 2.07. The van der Waals surface area contributed by atoms with E-state index in [0.29, 0.717) is 5.92 Å². The van der Waals surface area contributed by atoms with E-state index in [-0.39, 0.29) is 0 Å². The molecule has 1 aromatic rings. The number of hydrogen-bond donors (Lipinski definition) is 0. The summed E-state index contributed by atoms with van der Waals surface area (Å²) in [5.41, 5.74) is 2.81. The van der Waals surface area contributed by atoms with Crippen molar-refractivity contribution >= 4 is 0 Å². The fraction of sp³-hybridized carbons (Fsp3) is 0.462. The maximum Gasteiger partial charge on any atom is 0.132 e. The molecule has 70 valence electrons. The van der Waals surface area contributed by atoms with Crippen LogP contribution in [0.1, 0.15) is 51.2 Å². The monoisotopic (exact) mass is 175 g/mol. The van der Waals surface area contributed by atoms with Gasteiger partial charge in [-0.1, -0.05) is 13.8 Å². The van der Waals surface area contributed by atoms with Crippen molar-refractivity contribution in [3.8, 4) is 0 Å². The van der Waals surface area contributed by atoms with E-state index in [9.17, 15) is 0 Å². The lowest BCUT2D eigenvalue weighted by Gasteiger charge is -2.06. The van der Waals surface area contributed by atoms with E-state index >= 15 is 0 Å². The molecule has 0 amide bonds. The van der Waals surface area contributed by atoms with Crippen LogP contribution in [0.5, 0.6) is 0 Å². The highest BCUT2D eigenvalue weighted by molar-refractivity contribution is 5.32. The Labute approximate surface area is 82.0 Å². The van der Waals surface area contributed by atoms with Gasteiger partial charge in [0.25, 0.3) is 0 Å². The van der Waals surface area contributed by atoms with E-state index in [1.165, 1.54) is 23.5 Å². The van der Waals surface area contributed by atoms with Gasteiger partial charge in [-0.25, -0.2) is 0 Å². The molecule has 1 unspecified atom stereocenters. The zero-order chi connectivity index (χ0) is 9.84. The summed E-state index contributed by atoms with van der Waals surface area (Å²) >= 11 is 0. The molecule has 13 heavy (non-hydrogen) atoms. The molecule has 0 aromatic heterocycles. The highest BCUT2D eigenvalue weighted by Gasteiger charge is 2.09. The predicted octanol–water partition coefficient (Wildman–Crippen LogP) is 4.16. The molecule has 0 N–H and O–H groups in total. The zero-order valence-electron chi connectivity index (χ0n) is 9.09. The first-order valence-electron chi connectivity index (χ1n) is 5.05. The van der Waals surface area contributed by atoms with E-state index in [0.717, 1.165) is 0 Å². The van der Waals surface area contributed by atoms with Gasteiger partial charge in [-0.05, 0) is 30.0 Å². The largest absolute Gasteiger partial charge is 0.132 e. The van der Waals surface area contributed by atoms with Gasteiger partial charge in [0.1, 0.15) is 5.56 Å². The molecule has 0 nitrogen and oxygen atoms in total. The van der Waals surface area contributed by atoms with Crippen LogP contribution in [0.25, 0.3) is 0 Å². The summed E-state index contributed by atoms with van der Waals surface area (Å²) < 4.78 is 0. The molecule has 0 heterocycles. The van der Waals surface area contributed by atoms with Gasteiger partial charge in [0.2, 0.25) is 0 Å². The molecule has 0 heteroatoms. The van der Waals surface area contributed by atoms with Crippen LogP contribution in [0, 0.1) is 5.92 Å². The summed E-state index contributed by atoms with van der Waals surface area (Å²) in [6.45, 7) is 8.81. The van der Waals surface area contributed by atoms with Crippen LogP contribution in [0.3, 0.4) is 0 Å². The van der Waals surface area contributed by atoms with E-state index < -0.39 is 0 Å². The van der Waals surface area contributed by atoms with Gasteiger partial charge in [0.05, 0.1) is 0 Å². The molecule has 0 radical (unpaired) electrons. The smallest absolute Gasteiger partial charge is 0.0648 e. The molecule has 0 aliphatic rings. The predicted molar refractivity (Wildman–Crippen MR) is 58.8 cm³/mol. The number of rotatable bonds is 3. The quantitative estimate of drug-likeness (QED) is 0.605. The van der Waals surface area contributed by atoms with E-state index in [1.54, 1.807) is 0 Å². The Morgan fingerprint density at radius 1 is 1.15 bits per heavy atom. The second kappa shape index (κ2) is 4.36. The third-order valence-electron chi connectivity index (χ3n) is 2.67. The highest BCUT2D eigenvalue weighted by Crippen LogP contribution is 2.21. The molecular formula is C13H19+. The Morgan fingerprint density at radius 3 is 2.08 bits per heavy atom. The van der Waals surface area contributed by atoms with E-state index in [4.69, 9.17) is 0 Å². The topological polar surface area (TPSA) is 0 Å². The molecule has 0 fully saturated rings. The number of hydrogen-bond acceptors (Lipinski definition) is 0. The van der Waals surface area contributed by atoms with Crippen LogP contribution in [0.2, 0.25) is 0 Å². The van der Waals surface area contributed by atoms with Crippen LogP contribution >= 0.6 is 0 Å². The molecule has 1 aromatic carbocycles. The van der Waals surface area contributed by atoms with Gasteiger partial charge in [-0.15, -0.1) is 0 Å². The maximum atomic E-state index is 2.28. The fourth-order valence-corrected chi connectivity index (χ4v) is 1.38. The standard InChI is InChI=1S/C13H19/c1-5-11(4)13-8-6-12(7-9-13)10(2)3/h6-9,11H,5H2,1-4H3/q+1. The third kappa shape index (κ3) is 2.51. The lowest BCUT2D eigenvalue weighted by Crippen LogP contribution is -1.93. The lowest BCUT2D eigenvalue weighted by molar-refractivity contribution is 0.733. The molecule has 0 aliphatic carbocycles. The zero-order valence-corrected chi connectivity index (χ0v) is 9.09. The van der Waals surface area contributed by atoms with Gasteiger partial charge in [-0.2, -0.15) is 0 Å². The van der Waals surface area contributed by atoms with Crippen molar-refractivity contribution in [2.45, 2.75) is 40.0 Å². The molecule has 0 saturated carbocycles. The second-order valence-electron chi connectivity index (χ2n) is 3.93. The van der Waals surface area contributed by atoms with E-state index in [1.807, 2.05) is 0 Å². The van der Waals surface area contributed by atoms with Crippen molar-refractivity contribution in [3.63, 3.8) is 0 Å². The van der Waals surface area contributed by atoms with Crippen LogP contribution in [-0.2, 0) is 0 Å². The molecule has 0 spiro atoms. The normalized spacial score (nSPS) is 12.6. The summed E-state index contributed by atoms with van der Waals surface area (Å²) in [7, 11) is 0. The Bertz CT molecular complexity index is 243. The molecule has 0 saturated heterocycles. The Morgan fingerprint density at radius 2 is 1.69 bits per heavy atom. The average molecular weight is 175 g/mol. The SMILES string of the molecule is CCC(C)c1ccc([C+](C)C)cc1. The van der Waals surface area contributed by atoms with E-state index in [2.05, 4.69) is 52.0 Å². The van der Waals surface area contributed by atoms with Gasteiger partial charge in [0, 0.05) is 31.9 Å². The van der Waals surface area contributed by atoms with Crippen molar-refractivity contribution in [3.05, 3.63) is 41.3 Å². The van der Waals surface area contributed by atoms with Crippen molar-refractivity contribution in [2.75, 3.05) is 0 Å². The molecule has 1 atom stereocenters. The van der Waals surface area contributed by atoms with Crippen molar-refractivity contribution in [1.29, 1.82) is 0 Å². The summed E-state index contributed by atoms with van der Waals surface area (Å²) in [6, 6.07) is 8.93. The summed E-state index contributed by atoms with van der Waals surface area (Å²) in [5, 5.41) is 0. The maximum absolute atomic E-state index is 2.28. The minimum atomic E-state index is 0.686. The second-order valence-corrected chi connectivity index (χ2v) is 3.93. The fourth-order valence-electron chi connectivity index (χ4n) is 1.38. The van der Waals surface area contributed by atoms with Gasteiger partial charge < -0.3 is 0 Å². The first kappa shape index (κ1) is 10.2. The summed E-state index contributed by atoms with van der Waals surface area (Å²) in [4.78, 5) is 0. The molecule has 0 bridgehead atoms. The minimum absolute atomic E-state index is 0.686. The van der Waals surface area contributed by atoms with Gasteiger partial charge in [0.15, 0.2) is 0 Å². The first-order valence-corrected chi connectivity index (χ1v) is 5.05. The van der Waals surface area contributed by atoms with Crippen LogP contribution < -0.4 is 0 Å². The highest BCUT2D eigenvalue weighted by atomic mass is 14.1. The minimum Gasteiger partial charge on any atom is -0.0648 e. The molecule has 0 aliphatic heterocycles. The molecule has 1 rings (SSSR count). The Kier molecular flexibility index (Phi) is 3.41. The molecular weight excluding hydrogens is 156 g/mol. The van der Waals surface area contributed by atoms with Crippen molar-refractivity contribution in [1.82, 2.24) is 0 Å².